The van der Waals surface area contributed by atoms with Gasteiger partial charge in [-0.1, -0.05) is 6.07 Å². The van der Waals surface area contributed by atoms with Gasteiger partial charge in [0, 0.05) is 5.69 Å². The third-order valence-electron chi connectivity index (χ3n) is 3.36. The fraction of sp³-hybridized carbons (Fsp3) is 0.235. The van der Waals surface area contributed by atoms with Crippen LogP contribution in [0.5, 0.6) is 11.5 Å². The van der Waals surface area contributed by atoms with Crippen LogP contribution in [-0.2, 0) is 0 Å². The summed E-state index contributed by atoms with van der Waals surface area (Å²) in [6.45, 7) is 1.85. The lowest BCUT2D eigenvalue weighted by Gasteiger charge is -2.17. The van der Waals surface area contributed by atoms with Crippen LogP contribution in [-0.4, -0.2) is 20.3 Å². The van der Waals surface area contributed by atoms with Gasteiger partial charge in [-0.25, -0.2) is 9.18 Å². The Morgan fingerprint density at radius 2 is 1.70 bits per heavy atom. The first-order chi connectivity index (χ1) is 11.0. The highest BCUT2D eigenvalue weighted by Gasteiger charge is 2.12. The number of methoxy groups -OCH3 is 2. The maximum atomic E-state index is 12.8. The van der Waals surface area contributed by atoms with E-state index in [9.17, 15) is 9.18 Å². The SMILES string of the molecule is COc1ccc(C(C)NC(=O)Nc2ccc(F)cc2)cc1OC. The van der Waals surface area contributed by atoms with Crippen molar-refractivity contribution in [2.45, 2.75) is 13.0 Å². The third-order valence-corrected chi connectivity index (χ3v) is 3.36. The first-order valence-electron chi connectivity index (χ1n) is 7.08. The van der Waals surface area contributed by atoms with Gasteiger partial charge in [0.15, 0.2) is 11.5 Å². The molecule has 2 aromatic rings. The minimum atomic E-state index is -0.376. The largest absolute Gasteiger partial charge is 0.493 e. The molecule has 0 aliphatic carbocycles. The second-order valence-corrected chi connectivity index (χ2v) is 4.94. The summed E-state index contributed by atoms with van der Waals surface area (Å²) in [7, 11) is 3.12. The summed E-state index contributed by atoms with van der Waals surface area (Å²) in [5.41, 5.74) is 1.39. The van der Waals surface area contributed by atoms with Crippen molar-refractivity contribution in [1.29, 1.82) is 0 Å². The number of carbonyl (C=O) groups excluding carboxylic acids is 1. The van der Waals surface area contributed by atoms with Gasteiger partial charge in [0.05, 0.1) is 20.3 Å². The molecule has 23 heavy (non-hydrogen) atoms. The molecule has 0 heterocycles. The number of amides is 2. The van der Waals surface area contributed by atoms with Crippen molar-refractivity contribution in [3.8, 4) is 11.5 Å². The lowest BCUT2D eigenvalue weighted by atomic mass is 10.1. The van der Waals surface area contributed by atoms with E-state index in [0.29, 0.717) is 17.2 Å². The monoisotopic (exact) mass is 318 g/mol. The Bertz CT molecular complexity index is 674. The van der Waals surface area contributed by atoms with Gasteiger partial charge in [-0.05, 0) is 48.9 Å². The number of anilines is 1. The number of urea groups is 1. The first kappa shape index (κ1) is 16.6. The van der Waals surface area contributed by atoms with Crippen LogP contribution in [0, 0.1) is 5.82 Å². The normalized spacial score (nSPS) is 11.5. The highest BCUT2D eigenvalue weighted by molar-refractivity contribution is 5.89. The molecule has 1 atom stereocenters. The van der Waals surface area contributed by atoms with Crippen molar-refractivity contribution in [3.63, 3.8) is 0 Å². The summed E-state index contributed by atoms with van der Waals surface area (Å²) in [6.07, 6.45) is 0. The zero-order valence-corrected chi connectivity index (χ0v) is 13.2. The van der Waals surface area contributed by atoms with Crippen LogP contribution in [0.3, 0.4) is 0 Å². The molecule has 0 radical (unpaired) electrons. The second kappa shape index (κ2) is 7.49. The quantitative estimate of drug-likeness (QED) is 0.883. The number of carbonyl (C=O) groups is 1. The minimum absolute atomic E-state index is 0.241. The standard InChI is InChI=1S/C17H19FN2O3/c1-11(12-4-9-15(22-2)16(10-12)23-3)19-17(21)20-14-7-5-13(18)6-8-14/h4-11H,1-3H3,(H2,19,20,21). The molecule has 122 valence electrons. The van der Waals surface area contributed by atoms with Crippen molar-refractivity contribution >= 4 is 11.7 Å². The van der Waals surface area contributed by atoms with Crippen molar-refractivity contribution in [3.05, 3.63) is 53.8 Å². The molecule has 5 nitrogen and oxygen atoms in total. The molecule has 2 N–H and O–H groups in total. The van der Waals surface area contributed by atoms with E-state index in [1.54, 1.807) is 20.3 Å². The maximum Gasteiger partial charge on any atom is 0.319 e. The molecule has 2 amide bonds. The van der Waals surface area contributed by atoms with Gasteiger partial charge in [-0.2, -0.15) is 0 Å². The molecule has 0 saturated heterocycles. The van der Waals surface area contributed by atoms with Gasteiger partial charge in [-0.3, -0.25) is 0 Å². The fourth-order valence-electron chi connectivity index (χ4n) is 2.10. The molecule has 0 aliphatic heterocycles. The zero-order valence-electron chi connectivity index (χ0n) is 13.2. The lowest BCUT2D eigenvalue weighted by molar-refractivity contribution is 0.249. The van der Waals surface area contributed by atoms with Crippen LogP contribution in [0.15, 0.2) is 42.5 Å². The Kier molecular flexibility index (Phi) is 5.41. The number of hydrogen-bond acceptors (Lipinski definition) is 3. The minimum Gasteiger partial charge on any atom is -0.493 e. The predicted octanol–water partition coefficient (Wildman–Crippen LogP) is 3.73. The average molecular weight is 318 g/mol. The summed E-state index contributed by atoms with van der Waals surface area (Å²) in [6, 6.07) is 10.4. The van der Waals surface area contributed by atoms with Gasteiger partial charge >= 0.3 is 6.03 Å². The number of hydrogen-bond donors (Lipinski definition) is 2. The van der Waals surface area contributed by atoms with Crippen LogP contribution in [0.1, 0.15) is 18.5 Å². The van der Waals surface area contributed by atoms with Gasteiger partial charge in [0.2, 0.25) is 0 Å². The van der Waals surface area contributed by atoms with E-state index in [1.165, 1.54) is 24.3 Å². The van der Waals surface area contributed by atoms with E-state index >= 15 is 0 Å². The van der Waals surface area contributed by atoms with E-state index in [2.05, 4.69) is 10.6 Å². The summed E-state index contributed by atoms with van der Waals surface area (Å²) >= 11 is 0. The molecule has 0 spiro atoms. The van der Waals surface area contributed by atoms with Crippen molar-refractivity contribution < 1.29 is 18.7 Å². The molecule has 2 aromatic carbocycles. The van der Waals surface area contributed by atoms with Gasteiger partial charge < -0.3 is 20.1 Å². The number of rotatable bonds is 5. The summed E-state index contributed by atoms with van der Waals surface area (Å²) < 4.78 is 23.3. The number of benzene rings is 2. The molecular formula is C17H19FN2O3. The highest BCUT2D eigenvalue weighted by atomic mass is 19.1. The Labute approximate surface area is 134 Å². The Hall–Kier alpha value is -2.76. The van der Waals surface area contributed by atoms with E-state index in [1.807, 2.05) is 19.1 Å². The van der Waals surface area contributed by atoms with Crippen LogP contribution >= 0.6 is 0 Å². The summed E-state index contributed by atoms with van der Waals surface area (Å²) in [5.74, 6) is 0.867. The number of nitrogens with one attached hydrogen (secondary N) is 2. The maximum absolute atomic E-state index is 12.8. The van der Waals surface area contributed by atoms with Gasteiger partial charge in [0.25, 0.3) is 0 Å². The Balaban J connectivity index is 2.01. The zero-order chi connectivity index (χ0) is 16.8. The predicted molar refractivity (Wildman–Crippen MR) is 86.5 cm³/mol. The molecule has 0 saturated carbocycles. The number of halogens is 1. The lowest BCUT2D eigenvalue weighted by Crippen LogP contribution is -2.31. The van der Waals surface area contributed by atoms with E-state index in [0.717, 1.165) is 5.56 Å². The molecule has 0 fully saturated rings. The fourth-order valence-corrected chi connectivity index (χ4v) is 2.10. The van der Waals surface area contributed by atoms with Crippen molar-refractivity contribution in [2.24, 2.45) is 0 Å². The third kappa shape index (κ3) is 4.35. The average Bonchev–Trinajstić information content (AvgIpc) is 2.56. The summed E-state index contributed by atoms with van der Waals surface area (Å²) in [5, 5.41) is 5.46. The number of ether oxygens (including phenoxy) is 2. The van der Waals surface area contributed by atoms with Gasteiger partial charge in [0.1, 0.15) is 5.82 Å². The Morgan fingerprint density at radius 3 is 2.30 bits per heavy atom. The van der Waals surface area contributed by atoms with Gasteiger partial charge in [-0.15, -0.1) is 0 Å². The molecule has 6 heteroatoms. The van der Waals surface area contributed by atoms with Crippen LogP contribution in [0.25, 0.3) is 0 Å². The van der Waals surface area contributed by atoms with Crippen molar-refractivity contribution in [1.82, 2.24) is 5.32 Å². The van der Waals surface area contributed by atoms with Crippen LogP contribution in [0.4, 0.5) is 14.9 Å². The smallest absolute Gasteiger partial charge is 0.319 e. The van der Waals surface area contributed by atoms with Crippen LogP contribution in [0.2, 0.25) is 0 Å². The van der Waals surface area contributed by atoms with E-state index in [-0.39, 0.29) is 17.9 Å². The Morgan fingerprint density at radius 1 is 1.04 bits per heavy atom. The van der Waals surface area contributed by atoms with E-state index in [4.69, 9.17) is 9.47 Å². The summed E-state index contributed by atoms with van der Waals surface area (Å²) in [4.78, 5) is 12.0. The van der Waals surface area contributed by atoms with Crippen LogP contribution < -0.4 is 20.1 Å². The molecule has 0 aliphatic rings. The molecule has 2 rings (SSSR count). The van der Waals surface area contributed by atoms with Crippen molar-refractivity contribution in [2.75, 3.05) is 19.5 Å². The second-order valence-electron chi connectivity index (χ2n) is 4.94. The first-order valence-corrected chi connectivity index (χ1v) is 7.08. The highest BCUT2D eigenvalue weighted by Crippen LogP contribution is 2.29. The molecule has 0 bridgehead atoms. The van der Waals surface area contributed by atoms with E-state index < -0.39 is 0 Å². The molecular weight excluding hydrogens is 299 g/mol. The molecule has 0 aromatic heterocycles. The topological polar surface area (TPSA) is 59.6 Å². The molecule has 1 unspecified atom stereocenters.